The highest BCUT2D eigenvalue weighted by Crippen LogP contribution is 1.92. The molecule has 60 valence electrons. The molecule has 0 bridgehead atoms. The van der Waals surface area contributed by atoms with Gasteiger partial charge in [-0.3, -0.25) is 0 Å². The summed E-state index contributed by atoms with van der Waals surface area (Å²) in [4.78, 5) is 10.0. The van der Waals surface area contributed by atoms with Crippen molar-refractivity contribution < 1.29 is 18.3 Å². The smallest absolute Gasteiger partial charge is 0.422 e. The highest BCUT2D eigenvalue weighted by atomic mass is 32.2. The van der Waals surface area contributed by atoms with E-state index in [1.54, 1.807) is 0 Å². The standard InChI is InChI=1S/C3H8N2O4S/c1-2-5(3(6)7)10(4,8)9/h2H2,1H3,(H,6,7)(H2,4,8,9). The van der Waals surface area contributed by atoms with Gasteiger partial charge in [-0.15, -0.1) is 0 Å². The molecule has 0 aliphatic heterocycles. The summed E-state index contributed by atoms with van der Waals surface area (Å²) < 4.78 is 20.8. The highest BCUT2D eigenvalue weighted by molar-refractivity contribution is 7.87. The van der Waals surface area contributed by atoms with E-state index in [1.807, 2.05) is 0 Å². The molecule has 0 fully saturated rings. The van der Waals surface area contributed by atoms with Gasteiger partial charge in [0, 0.05) is 6.54 Å². The van der Waals surface area contributed by atoms with Crippen molar-refractivity contribution in [1.82, 2.24) is 4.31 Å². The Morgan fingerprint density at radius 3 is 2.10 bits per heavy atom. The predicted octanol–water partition coefficient (Wildman–Crippen LogP) is -0.810. The molecule has 0 heterocycles. The van der Waals surface area contributed by atoms with Gasteiger partial charge in [-0.25, -0.2) is 9.93 Å². The second-order valence-electron chi connectivity index (χ2n) is 1.49. The molecule has 3 N–H and O–H groups in total. The summed E-state index contributed by atoms with van der Waals surface area (Å²) in [5.41, 5.74) is 0. The zero-order valence-corrected chi connectivity index (χ0v) is 6.13. The molecule has 0 atom stereocenters. The van der Waals surface area contributed by atoms with Crippen LogP contribution in [0.1, 0.15) is 6.92 Å². The molecule has 0 radical (unpaired) electrons. The van der Waals surface area contributed by atoms with Crippen molar-refractivity contribution in [2.45, 2.75) is 6.92 Å². The van der Waals surface area contributed by atoms with Crippen molar-refractivity contribution >= 4 is 16.3 Å². The monoisotopic (exact) mass is 168 g/mol. The quantitative estimate of drug-likeness (QED) is 0.563. The van der Waals surface area contributed by atoms with Crippen molar-refractivity contribution in [3.63, 3.8) is 0 Å². The zero-order valence-electron chi connectivity index (χ0n) is 5.31. The Morgan fingerprint density at radius 1 is 1.70 bits per heavy atom. The summed E-state index contributed by atoms with van der Waals surface area (Å²) in [6.45, 7) is 1.20. The zero-order chi connectivity index (χ0) is 8.36. The molecule has 6 nitrogen and oxygen atoms in total. The number of hydrogen-bond acceptors (Lipinski definition) is 3. The van der Waals surface area contributed by atoms with Gasteiger partial charge in [0.2, 0.25) is 0 Å². The van der Waals surface area contributed by atoms with E-state index in [0.717, 1.165) is 0 Å². The summed E-state index contributed by atoms with van der Waals surface area (Å²) >= 11 is 0. The van der Waals surface area contributed by atoms with E-state index >= 15 is 0 Å². The Balaban J connectivity index is 4.55. The molecule has 10 heavy (non-hydrogen) atoms. The highest BCUT2D eigenvalue weighted by Gasteiger charge is 2.19. The number of carboxylic acid groups (broad SMARTS) is 1. The van der Waals surface area contributed by atoms with Gasteiger partial charge in [-0.2, -0.15) is 12.7 Å². The van der Waals surface area contributed by atoms with Crippen LogP contribution < -0.4 is 5.14 Å². The third kappa shape index (κ3) is 2.19. The van der Waals surface area contributed by atoms with Gasteiger partial charge >= 0.3 is 16.3 Å². The average Bonchev–Trinajstić information content (AvgIpc) is 1.60. The molecule has 0 aromatic rings. The summed E-state index contributed by atoms with van der Waals surface area (Å²) in [6.07, 6.45) is -1.56. The van der Waals surface area contributed by atoms with Gasteiger partial charge in [0.1, 0.15) is 0 Å². The number of carbonyl (C=O) groups is 1. The van der Waals surface area contributed by atoms with Crippen molar-refractivity contribution in [2.24, 2.45) is 5.14 Å². The molecule has 0 saturated carbocycles. The molecule has 1 amide bonds. The minimum Gasteiger partial charge on any atom is -0.464 e. The number of hydrogen-bond donors (Lipinski definition) is 2. The molecule has 0 spiro atoms. The van der Waals surface area contributed by atoms with Gasteiger partial charge in [0.15, 0.2) is 0 Å². The van der Waals surface area contributed by atoms with Gasteiger partial charge in [0.25, 0.3) is 0 Å². The fourth-order valence-electron chi connectivity index (χ4n) is 0.424. The number of amides is 1. The van der Waals surface area contributed by atoms with E-state index < -0.39 is 16.3 Å². The minimum absolute atomic E-state index is 0.146. The van der Waals surface area contributed by atoms with Crippen LogP contribution >= 0.6 is 0 Å². The Kier molecular flexibility index (Phi) is 2.61. The van der Waals surface area contributed by atoms with Crippen LogP contribution in [0.5, 0.6) is 0 Å². The third-order valence-corrected chi connectivity index (χ3v) is 1.84. The minimum atomic E-state index is -4.08. The van der Waals surface area contributed by atoms with E-state index in [0.29, 0.717) is 0 Å². The first kappa shape index (κ1) is 9.18. The first-order valence-electron chi connectivity index (χ1n) is 2.43. The molecule has 7 heteroatoms. The molecule has 0 aromatic carbocycles. The maximum atomic E-state index is 10.3. The topological polar surface area (TPSA) is 101 Å². The van der Waals surface area contributed by atoms with Crippen LogP contribution in [-0.4, -0.2) is 30.5 Å². The lowest BCUT2D eigenvalue weighted by atomic mass is 10.8. The first-order valence-corrected chi connectivity index (χ1v) is 3.93. The van der Waals surface area contributed by atoms with Crippen LogP contribution in [0.15, 0.2) is 0 Å². The van der Waals surface area contributed by atoms with Crippen LogP contribution in [0.4, 0.5) is 4.79 Å². The summed E-state index contributed by atoms with van der Waals surface area (Å²) in [6, 6.07) is 0. The summed E-state index contributed by atoms with van der Waals surface area (Å²) in [5.74, 6) is 0. The van der Waals surface area contributed by atoms with Crippen LogP contribution in [0, 0.1) is 0 Å². The molecule has 0 aromatic heterocycles. The SMILES string of the molecule is CCN(C(=O)O)S(N)(=O)=O. The third-order valence-electron chi connectivity index (χ3n) is 0.808. The van der Waals surface area contributed by atoms with Gasteiger partial charge in [-0.1, -0.05) is 0 Å². The van der Waals surface area contributed by atoms with Crippen molar-refractivity contribution in [3.8, 4) is 0 Å². The van der Waals surface area contributed by atoms with Crippen molar-refractivity contribution in [2.75, 3.05) is 6.54 Å². The summed E-state index contributed by atoms with van der Waals surface area (Å²) in [5, 5.41) is 12.7. The Morgan fingerprint density at radius 2 is 2.10 bits per heavy atom. The molecular weight excluding hydrogens is 160 g/mol. The molecule has 0 rings (SSSR count). The average molecular weight is 168 g/mol. The predicted molar refractivity (Wildman–Crippen MR) is 33.5 cm³/mol. The van der Waals surface area contributed by atoms with E-state index in [4.69, 9.17) is 5.11 Å². The van der Waals surface area contributed by atoms with E-state index in [2.05, 4.69) is 5.14 Å². The van der Waals surface area contributed by atoms with Gasteiger partial charge in [0.05, 0.1) is 0 Å². The van der Waals surface area contributed by atoms with Crippen LogP contribution in [0.2, 0.25) is 0 Å². The van der Waals surface area contributed by atoms with Crippen LogP contribution in [-0.2, 0) is 10.2 Å². The van der Waals surface area contributed by atoms with Gasteiger partial charge in [-0.05, 0) is 6.92 Å². The second-order valence-corrected chi connectivity index (χ2v) is 2.96. The maximum Gasteiger partial charge on any atom is 0.422 e. The normalized spacial score (nSPS) is 11.0. The second kappa shape index (κ2) is 2.84. The van der Waals surface area contributed by atoms with Crippen molar-refractivity contribution in [1.29, 1.82) is 0 Å². The number of nitrogens with two attached hydrogens (primary N) is 1. The van der Waals surface area contributed by atoms with E-state index in [1.165, 1.54) is 6.92 Å². The maximum absolute atomic E-state index is 10.3. The fraction of sp³-hybridized carbons (Fsp3) is 0.667. The molecule has 0 saturated heterocycles. The van der Waals surface area contributed by atoms with Crippen molar-refractivity contribution in [3.05, 3.63) is 0 Å². The Hall–Kier alpha value is -0.820. The largest absolute Gasteiger partial charge is 0.464 e. The molecule has 0 unspecified atom stereocenters. The molecule has 0 aliphatic rings. The van der Waals surface area contributed by atoms with E-state index in [-0.39, 0.29) is 10.8 Å². The number of rotatable bonds is 2. The molecular formula is C3H8N2O4S. The van der Waals surface area contributed by atoms with Gasteiger partial charge < -0.3 is 5.11 Å². The van der Waals surface area contributed by atoms with Crippen LogP contribution in [0.3, 0.4) is 0 Å². The lowest BCUT2D eigenvalue weighted by molar-refractivity contribution is 0.173. The van der Waals surface area contributed by atoms with Crippen LogP contribution in [0.25, 0.3) is 0 Å². The lowest BCUT2D eigenvalue weighted by Crippen LogP contribution is -2.40. The number of nitrogens with zero attached hydrogens (tertiary/aromatic N) is 1. The fourth-order valence-corrected chi connectivity index (χ4v) is 1.00. The van der Waals surface area contributed by atoms with E-state index in [9.17, 15) is 13.2 Å². The Bertz CT molecular complexity index is 221. The first-order chi connectivity index (χ1) is 4.39. The molecule has 0 aliphatic carbocycles. The lowest BCUT2D eigenvalue weighted by Gasteiger charge is -2.11. The summed E-state index contributed by atoms with van der Waals surface area (Å²) in [7, 11) is -4.08. The Labute approximate surface area is 58.4 Å².